The van der Waals surface area contributed by atoms with Crippen molar-refractivity contribution in [3.63, 3.8) is 0 Å². The van der Waals surface area contributed by atoms with E-state index in [2.05, 4.69) is 5.32 Å². The number of amides is 1. The molecule has 0 aromatic rings. The lowest BCUT2D eigenvalue weighted by atomic mass is 10.1. The lowest BCUT2D eigenvalue weighted by molar-refractivity contribution is -0.120. The largest absolute Gasteiger partial charge is 0.392 e. The lowest BCUT2D eigenvalue weighted by Gasteiger charge is -2.00. The summed E-state index contributed by atoms with van der Waals surface area (Å²) in [6.45, 7) is 0.685. The summed E-state index contributed by atoms with van der Waals surface area (Å²) < 4.78 is 0. The predicted octanol–water partition coefficient (Wildman–Crippen LogP) is 0.205. The number of nitrogens with one attached hydrogen (secondary N) is 1. The van der Waals surface area contributed by atoms with Crippen molar-refractivity contribution in [2.24, 2.45) is 0 Å². The van der Waals surface area contributed by atoms with Crippen LogP contribution in [0.5, 0.6) is 0 Å². The number of aliphatic hydroxyl groups excluding tert-OH is 1. The molecule has 1 fully saturated rings. The highest BCUT2D eigenvalue weighted by atomic mass is 16.2. The van der Waals surface area contributed by atoms with Gasteiger partial charge >= 0.3 is 0 Å². The fourth-order valence-electron chi connectivity index (χ4n) is 1.17. The van der Waals surface area contributed by atoms with Gasteiger partial charge in [0.1, 0.15) is 0 Å². The molecule has 1 saturated heterocycles. The van der Waals surface area contributed by atoms with Crippen molar-refractivity contribution in [1.29, 1.82) is 0 Å². The Kier molecular flexibility index (Phi) is 3.11. The normalized spacial score (nSPS) is 23.0. The summed E-state index contributed by atoms with van der Waals surface area (Å²) in [5.41, 5.74) is 1.14. The molecule has 0 bridgehead atoms. The fraction of sp³-hybridized carbons (Fsp3) is 0.625. The molecule has 0 saturated carbocycles. The minimum atomic E-state index is 0.0746. The van der Waals surface area contributed by atoms with Gasteiger partial charge in [-0.15, -0.1) is 0 Å². The first-order chi connectivity index (χ1) is 5.33. The van der Waals surface area contributed by atoms with Crippen molar-refractivity contribution < 1.29 is 9.90 Å². The molecule has 11 heavy (non-hydrogen) atoms. The second kappa shape index (κ2) is 4.13. The first-order valence-electron chi connectivity index (χ1n) is 3.88. The van der Waals surface area contributed by atoms with E-state index in [0.29, 0.717) is 13.0 Å². The van der Waals surface area contributed by atoms with Crippen LogP contribution < -0.4 is 5.32 Å². The molecular weight excluding hydrogens is 142 g/mol. The molecule has 0 aromatic carbocycles. The number of hydrogen-bond acceptors (Lipinski definition) is 2. The number of aliphatic hydroxyl groups is 1. The van der Waals surface area contributed by atoms with Gasteiger partial charge in [-0.2, -0.15) is 0 Å². The van der Waals surface area contributed by atoms with Crippen molar-refractivity contribution >= 4 is 5.91 Å². The average molecular weight is 155 g/mol. The highest BCUT2D eigenvalue weighted by molar-refractivity contribution is 5.76. The molecule has 1 heterocycles. The van der Waals surface area contributed by atoms with Gasteiger partial charge in [0, 0.05) is 13.0 Å². The zero-order chi connectivity index (χ0) is 8.10. The molecule has 0 aromatic heterocycles. The molecule has 0 spiro atoms. The maximum absolute atomic E-state index is 10.8. The van der Waals surface area contributed by atoms with Crippen molar-refractivity contribution in [1.82, 2.24) is 5.32 Å². The first-order valence-corrected chi connectivity index (χ1v) is 3.88. The second-order valence-electron chi connectivity index (χ2n) is 2.68. The van der Waals surface area contributed by atoms with Crippen LogP contribution in [0, 0.1) is 0 Å². The molecular formula is C8H13NO2. The Balaban J connectivity index is 2.46. The third-order valence-electron chi connectivity index (χ3n) is 1.79. The summed E-state index contributed by atoms with van der Waals surface area (Å²) in [4.78, 5) is 10.8. The van der Waals surface area contributed by atoms with Gasteiger partial charge in [-0.3, -0.25) is 4.79 Å². The molecule has 0 atom stereocenters. The smallest absolute Gasteiger partial charge is 0.220 e. The summed E-state index contributed by atoms with van der Waals surface area (Å²) in [5.74, 6) is 0.117. The van der Waals surface area contributed by atoms with Gasteiger partial charge in [0.25, 0.3) is 0 Å². The second-order valence-corrected chi connectivity index (χ2v) is 2.68. The quantitative estimate of drug-likeness (QED) is 0.532. The van der Waals surface area contributed by atoms with Crippen molar-refractivity contribution in [3.8, 4) is 0 Å². The molecule has 62 valence electrons. The van der Waals surface area contributed by atoms with Crippen LogP contribution >= 0.6 is 0 Å². The van der Waals surface area contributed by atoms with Gasteiger partial charge in [-0.05, 0) is 12.8 Å². The van der Waals surface area contributed by atoms with Crippen LogP contribution in [0.15, 0.2) is 11.6 Å². The van der Waals surface area contributed by atoms with Crippen LogP contribution in [-0.4, -0.2) is 24.2 Å². The standard InChI is InChI=1S/C8H13NO2/c10-5-4-7-2-1-3-8(11)9-6-7/h4,10H,1-3,5-6H2,(H,9,11)/b7-4-. The first kappa shape index (κ1) is 8.27. The van der Waals surface area contributed by atoms with Gasteiger partial charge in [0.2, 0.25) is 5.91 Å². The summed E-state index contributed by atoms with van der Waals surface area (Å²) in [6.07, 6.45) is 4.21. The monoisotopic (exact) mass is 155 g/mol. The van der Waals surface area contributed by atoms with E-state index in [1.807, 2.05) is 0 Å². The molecule has 1 amide bonds. The maximum Gasteiger partial charge on any atom is 0.220 e. The van der Waals surface area contributed by atoms with E-state index in [4.69, 9.17) is 5.11 Å². The van der Waals surface area contributed by atoms with Gasteiger partial charge in [-0.25, -0.2) is 0 Å². The third kappa shape index (κ3) is 2.72. The number of hydrogen-bond donors (Lipinski definition) is 2. The topological polar surface area (TPSA) is 49.3 Å². The van der Waals surface area contributed by atoms with Crippen LogP contribution in [0.2, 0.25) is 0 Å². The highest BCUT2D eigenvalue weighted by Crippen LogP contribution is 2.09. The van der Waals surface area contributed by atoms with Gasteiger partial charge < -0.3 is 10.4 Å². The average Bonchev–Trinajstić information content (AvgIpc) is 2.17. The summed E-state index contributed by atoms with van der Waals surface area (Å²) in [5, 5.41) is 11.3. The van der Waals surface area contributed by atoms with Crippen LogP contribution in [0.25, 0.3) is 0 Å². The zero-order valence-corrected chi connectivity index (χ0v) is 6.47. The molecule has 1 aliphatic rings. The molecule has 3 nitrogen and oxygen atoms in total. The molecule has 0 radical (unpaired) electrons. The van der Waals surface area contributed by atoms with E-state index in [9.17, 15) is 4.79 Å². The third-order valence-corrected chi connectivity index (χ3v) is 1.79. The van der Waals surface area contributed by atoms with Crippen LogP contribution in [-0.2, 0) is 4.79 Å². The Morgan fingerprint density at radius 3 is 3.09 bits per heavy atom. The molecule has 2 N–H and O–H groups in total. The van der Waals surface area contributed by atoms with Gasteiger partial charge in [-0.1, -0.05) is 11.6 Å². The molecule has 1 aliphatic heterocycles. The Morgan fingerprint density at radius 2 is 2.36 bits per heavy atom. The Hall–Kier alpha value is -0.830. The van der Waals surface area contributed by atoms with E-state index in [-0.39, 0.29) is 12.5 Å². The Labute approximate surface area is 66.1 Å². The number of rotatable bonds is 1. The lowest BCUT2D eigenvalue weighted by Crippen LogP contribution is -2.22. The van der Waals surface area contributed by atoms with Gasteiger partial charge in [0.15, 0.2) is 0 Å². The predicted molar refractivity (Wildman–Crippen MR) is 42.0 cm³/mol. The minimum Gasteiger partial charge on any atom is -0.392 e. The summed E-state index contributed by atoms with van der Waals surface area (Å²) >= 11 is 0. The highest BCUT2D eigenvalue weighted by Gasteiger charge is 2.08. The fourth-order valence-corrected chi connectivity index (χ4v) is 1.17. The number of carbonyl (C=O) groups excluding carboxylic acids is 1. The Morgan fingerprint density at radius 1 is 1.55 bits per heavy atom. The van der Waals surface area contributed by atoms with E-state index >= 15 is 0 Å². The minimum absolute atomic E-state index is 0.0746. The van der Waals surface area contributed by atoms with Crippen LogP contribution in [0.4, 0.5) is 0 Å². The van der Waals surface area contributed by atoms with E-state index in [0.717, 1.165) is 18.4 Å². The summed E-state index contributed by atoms with van der Waals surface area (Å²) in [7, 11) is 0. The molecule has 0 unspecified atom stereocenters. The molecule has 0 aliphatic carbocycles. The molecule has 1 rings (SSSR count). The number of carbonyl (C=O) groups is 1. The van der Waals surface area contributed by atoms with Crippen molar-refractivity contribution in [3.05, 3.63) is 11.6 Å². The van der Waals surface area contributed by atoms with E-state index < -0.39 is 0 Å². The van der Waals surface area contributed by atoms with E-state index in [1.165, 1.54) is 0 Å². The van der Waals surface area contributed by atoms with E-state index in [1.54, 1.807) is 6.08 Å². The van der Waals surface area contributed by atoms with Crippen LogP contribution in [0.1, 0.15) is 19.3 Å². The SMILES string of the molecule is O=C1CCC/C(=C/CO)CN1. The zero-order valence-electron chi connectivity index (χ0n) is 6.47. The Bertz CT molecular complexity index is 175. The van der Waals surface area contributed by atoms with Crippen LogP contribution in [0.3, 0.4) is 0 Å². The summed E-state index contributed by atoms with van der Waals surface area (Å²) in [6, 6.07) is 0. The maximum atomic E-state index is 10.8. The van der Waals surface area contributed by atoms with Gasteiger partial charge in [0.05, 0.1) is 6.61 Å². The van der Waals surface area contributed by atoms with Crippen molar-refractivity contribution in [2.75, 3.05) is 13.2 Å². The van der Waals surface area contributed by atoms with Crippen molar-refractivity contribution in [2.45, 2.75) is 19.3 Å². The molecule has 3 heteroatoms.